The zero-order valence-corrected chi connectivity index (χ0v) is 8.48. The Balaban J connectivity index is 1.91. The molecular formula is C12H16O2. The minimum absolute atomic E-state index is 0.0545. The Morgan fingerprint density at radius 3 is 2.79 bits per heavy atom. The van der Waals surface area contributed by atoms with Crippen LogP contribution in [0.1, 0.15) is 19.8 Å². The number of hydrogen-bond acceptors (Lipinski definition) is 2. The van der Waals surface area contributed by atoms with E-state index in [1.54, 1.807) is 0 Å². The number of rotatable bonds is 2. The van der Waals surface area contributed by atoms with Crippen molar-refractivity contribution in [1.82, 2.24) is 0 Å². The van der Waals surface area contributed by atoms with Gasteiger partial charge in [0.05, 0.1) is 6.61 Å². The lowest BCUT2D eigenvalue weighted by molar-refractivity contribution is -0.119. The predicted molar refractivity (Wildman–Crippen MR) is 55.2 cm³/mol. The minimum atomic E-state index is -0.0545. The van der Waals surface area contributed by atoms with Crippen molar-refractivity contribution in [3.8, 4) is 5.75 Å². The molecule has 0 aromatic heterocycles. The van der Waals surface area contributed by atoms with Crippen LogP contribution >= 0.6 is 0 Å². The zero-order chi connectivity index (χ0) is 9.80. The van der Waals surface area contributed by atoms with E-state index in [-0.39, 0.29) is 6.29 Å². The fraction of sp³-hybridized carbons (Fsp3) is 0.500. The van der Waals surface area contributed by atoms with E-state index in [0.717, 1.165) is 25.2 Å². The highest BCUT2D eigenvalue weighted by molar-refractivity contribution is 5.21. The number of para-hydroxylation sites is 1. The smallest absolute Gasteiger partial charge is 0.200 e. The van der Waals surface area contributed by atoms with Crippen molar-refractivity contribution in [3.05, 3.63) is 30.3 Å². The summed E-state index contributed by atoms with van der Waals surface area (Å²) in [5.41, 5.74) is 0. The van der Waals surface area contributed by atoms with Crippen molar-refractivity contribution in [1.29, 1.82) is 0 Å². The second kappa shape index (κ2) is 4.47. The molecule has 0 spiro atoms. The zero-order valence-electron chi connectivity index (χ0n) is 8.48. The van der Waals surface area contributed by atoms with Crippen LogP contribution in [0.2, 0.25) is 0 Å². The Hall–Kier alpha value is -1.02. The second-order valence-electron chi connectivity index (χ2n) is 3.86. The van der Waals surface area contributed by atoms with Crippen molar-refractivity contribution < 1.29 is 9.47 Å². The van der Waals surface area contributed by atoms with Crippen molar-refractivity contribution in [2.24, 2.45) is 5.92 Å². The molecular weight excluding hydrogens is 176 g/mol. The van der Waals surface area contributed by atoms with Gasteiger partial charge in [0.1, 0.15) is 5.75 Å². The Labute approximate surface area is 84.8 Å². The second-order valence-corrected chi connectivity index (χ2v) is 3.86. The lowest BCUT2D eigenvalue weighted by atomic mass is 10.0. The Morgan fingerprint density at radius 2 is 2.07 bits per heavy atom. The lowest BCUT2D eigenvalue weighted by Gasteiger charge is -2.27. The van der Waals surface area contributed by atoms with Crippen LogP contribution in [-0.4, -0.2) is 12.9 Å². The van der Waals surface area contributed by atoms with E-state index in [1.165, 1.54) is 0 Å². The van der Waals surface area contributed by atoms with E-state index in [1.807, 2.05) is 30.3 Å². The van der Waals surface area contributed by atoms with Gasteiger partial charge in [-0.25, -0.2) is 0 Å². The molecule has 1 heterocycles. The number of ether oxygens (including phenoxy) is 2. The molecule has 2 heteroatoms. The highest BCUT2D eigenvalue weighted by atomic mass is 16.7. The maximum absolute atomic E-state index is 5.70. The van der Waals surface area contributed by atoms with Crippen molar-refractivity contribution in [2.75, 3.05) is 6.61 Å². The summed E-state index contributed by atoms with van der Waals surface area (Å²) in [6.45, 7) is 3.06. The predicted octanol–water partition coefficient (Wildman–Crippen LogP) is 2.84. The molecule has 1 aliphatic heterocycles. The van der Waals surface area contributed by atoms with E-state index in [2.05, 4.69) is 6.92 Å². The van der Waals surface area contributed by atoms with E-state index in [9.17, 15) is 0 Å². The molecule has 0 bridgehead atoms. The topological polar surface area (TPSA) is 18.5 Å². The fourth-order valence-electron chi connectivity index (χ4n) is 1.65. The van der Waals surface area contributed by atoms with E-state index in [0.29, 0.717) is 5.92 Å². The summed E-state index contributed by atoms with van der Waals surface area (Å²) in [4.78, 5) is 0. The van der Waals surface area contributed by atoms with Crippen LogP contribution in [0.3, 0.4) is 0 Å². The molecule has 1 aromatic carbocycles. The van der Waals surface area contributed by atoms with E-state index in [4.69, 9.17) is 9.47 Å². The first kappa shape index (κ1) is 9.53. The van der Waals surface area contributed by atoms with Crippen LogP contribution in [0.5, 0.6) is 5.75 Å². The minimum Gasteiger partial charge on any atom is -0.465 e. The molecule has 0 saturated carbocycles. The van der Waals surface area contributed by atoms with Crippen LogP contribution in [-0.2, 0) is 4.74 Å². The van der Waals surface area contributed by atoms with Gasteiger partial charge in [-0.3, -0.25) is 0 Å². The molecule has 0 aliphatic carbocycles. The van der Waals surface area contributed by atoms with Gasteiger partial charge >= 0.3 is 0 Å². The van der Waals surface area contributed by atoms with Gasteiger partial charge in [0.2, 0.25) is 0 Å². The average molecular weight is 192 g/mol. The SMILES string of the molecule is CC1CCOC(Oc2ccccc2)C1. The summed E-state index contributed by atoms with van der Waals surface area (Å²) in [5.74, 6) is 1.60. The Kier molecular flexibility index (Phi) is 3.04. The standard InChI is InChI=1S/C12H16O2/c1-10-7-8-13-12(9-10)14-11-5-3-2-4-6-11/h2-6,10,12H,7-9H2,1H3. The molecule has 1 aliphatic rings. The van der Waals surface area contributed by atoms with E-state index < -0.39 is 0 Å². The van der Waals surface area contributed by atoms with Crippen LogP contribution in [0.15, 0.2) is 30.3 Å². The van der Waals surface area contributed by atoms with Crippen molar-refractivity contribution >= 4 is 0 Å². The number of benzene rings is 1. The molecule has 0 amide bonds. The maximum atomic E-state index is 5.70. The Morgan fingerprint density at radius 1 is 1.29 bits per heavy atom. The summed E-state index contributed by atoms with van der Waals surface area (Å²) >= 11 is 0. The van der Waals surface area contributed by atoms with Gasteiger partial charge in [0, 0.05) is 6.42 Å². The molecule has 1 saturated heterocycles. The maximum Gasteiger partial charge on any atom is 0.200 e. The van der Waals surface area contributed by atoms with Gasteiger partial charge in [-0.1, -0.05) is 25.1 Å². The van der Waals surface area contributed by atoms with Gasteiger partial charge < -0.3 is 9.47 Å². The lowest BCUT2D eigenvalue weighted by Crippen LogP contribution is -2.29. The first-order valence-corrected chi connectivity index (χ1v) is 5.18. The third-order valence-electron chi connectivity index (χ3n) is 2.52. The largest absolute Gasteiger partial charge is 0.465 e. The molecule has 0 radical (unpaired) electrons. The third kappa shape index (κ3) is 2.48. The van der Waals surface area contributed by atoms with Gasteiger partial charge in [-0.05, 0) is 24.5 Å². The monoisotopic (exact) mass is 192 g/mol. The fourth-order valence-corrected chi connectivity index (χ4v) is 1.65. The summed E-state index contributed by atoms with van der Waals surface area (Å²) in [5, 5.41) is 0. The highest BCUT2D eigenvalue weighted by Crippen LogP contribution is 2.22. The summed E-state index contributed by atoms with van der Waals surface area (Å²) in [6, 6.07) is 9.85. The molecule has 2 atom stereocenters. The normalized spacial score (nSPS) is 27.2. The van der Waals surface area contributed by atoms with Gasteiger partial charge in [-0.2, -0.15) is 0 Å². The first-order valence-electron chi connectivity index (χ1n) is 5.18. The van der Waals surface area contributed by atoms with Crippen molar-refractivity contribution in [2.45, 2.75) is 26.1 Å². The molecule has 2 unspecified atom stereocenters. The quantitative estimate of drug-likeness (QED) is 0.717. The van der Waals surface area contributed by atoms with E-state index >= 15 is 0 Å². The Bertz CT molecular complexity index is 271. The highest BCUT2D eigenvalue weighted by Gasteiger charge is 2.20. The third-order valence-corrected chi connectivity index (χ3v) is 2.52. The summed E-state index contributed by atoms with van der Waals surface area (Å²) < 4.78 is 11.2. The molecule has 1 fully saturated rings. The first-order chi connectivity index (χ1) is 6.84. The molecule has 2 rings (SSSR count). The number of hydrogen-bond donors (Lipinski definition) is 0. The summed E-state index contributed by atoms with van der Waals surface area (Å²) in [6.07, 6.45) is 2.09. The molecule has 14 heavy (non-hydrogen) atoms. The average Bonchev–Trinajstić information content (AvgIpc) is 2.19. The van der Waals surface area contributed by atoms with Crippen LogP contribution in [0, 0.1) is 5.92 Å². The van der Waals surface area contributed by atoms with Crippen LogP contribution in [0.25, 0.3) is 0 Å². The molecule has 2 nitrogen and oxygen atoms in total. The van der Waals surface area contributed by atoms with Gasteiger partial charge in [-0.15, -0.1) is 0 Å². The van der Waals surface area contributed by atoms with Crippen LogP contribution in [0.4, 0.5) is 0 Å². The molecule has 76 valence electrons. The van der Waals surface area contributed by atoms with Crippen molar-refractivity contribution in [3.63, 3.8) is 0 Å². The van der Waals surface area contributed by atoms with Crippen LogP contribution < -0.4 is 4.74 Å². The van der Waals surface area contributed by atoms with Gasteiger partial charge in [0.25, 0.3) is 0 Å². The molecule has 1 aromatic rings. The molecule has 0 N–H and O–H groups in total. The van der Waals surface area contributed by atoms with Gasteiger partial charge in [0.15, 0.2) is 6.29 Å². The summed E-state index contributed by atoms with van der Waals surface area (Å²) in [7, 11) is 0.